The van der Waals surface area contributed by atoms with Crippen molar-refractivity contribution >= 4 is 58.1 Å². The number of morpholine rings is 1. The zero-order valence-electron chi connectivity index (χ0n) is 21.5. The first kappa shape index (κ1) is 29.2. The fourth-order valence-electron chi connectivity index (χ4n) is 4.03. The molecule has 13 nitrogen and oxygen atoms in total. The number of hydrogen-bond donors (Lipinski definition) is 4. The van der Waals surface area contributed by atoms with Gasteiger partial charge in [-0.05, 0) is 37.2 Å². The van der Waals surface area contributed by atoms with Gasteiger partial charge in [-0.25, -0.2) is 15.0 Å². The zero-order chi connectivity index (χ0) is 28.5. The summed E-state index contributed by atoms with van der Waals surface area (Å²) in [5.74, 6) is 0.382. The molecule has 4 rings (SSSR count). The second kappa shape index (κ2) is 14.0. The second-order valence-corrected chi connectivity index (χ2v) is 9.74. The monoisotopic (exact) mass is 589 g/mol. The molecule has 0 unspecified atom stereocenters. The van der Waals surface area contributed by atoms with E-state index in [2.05, 4.69) is 35.8 Å². The number of nitro groups is 1. The number of rotatable bonds is 12. The van der Waals surface area contributed by atoms with E-state index in [-0.39, 0.29) is 17.4 Å². The van der Waals surface area contributed by atoms with Crippen molar-refractivity contribution in [2.45, 2.75) is 12.8 Å². The van der Waals surface area contributed by atoms with Crippen LogP contribution in [0.5, 0.6) is 0 Å². The third kappa shape index (κ3) is 8.11. The van der Waals surface area contributed by atoms with Gasteiger partial charge in [-0.2, -0.15) is 0 Å². The third-order valence-corrected chi connectivity index (χ3v) is 6.59. The molecule has 0 saturated carbocycles. The highest BCUT2D eigenvalue weighted by atomic mass is 35.5. The van der Waals surface area contributed by atoms with Crippen LogP contribution in [0.4, 0.5) is 29.0 Å². The van der Waals surface area contributed by atoms with Crippen molar-refractivity contribution < 1.29 is 14.5 Å². The molecule has 5 N–H and O–H groups in total. The lowest BCUT2D eigenvalue weighted by Gasteiger charge is -2.26. The van der Waals surface area contributed by atoms with E-state index >= 15 is 0 Å². The first-order valence-corrected chi connectivity index (χ1v) is 13.4. The van der Waals surface area contributed by atoms with Crippen LogP contribution in [0.3, 0.4) is 0 Å². The molecule has 212 valence electrons. The number of anilines is 4. The summed E-state index contributed by atoms with van der Waals surface area (Å²) in [6.07, 6.45) is 2.59. The Bertz CT molecular complexity index is 1360. The average molecular weight is 590 g/mol. The van der Waals surface area contributed by atoms with Gasteiger partial charge in [0.2, 0.25) is 17.7 Å². The maximum Gasteiger partial charge on any atom is 0.311 e. The maximum atomic E-state index is 12.7. The van der Waals surface area contributed by atoms with Crippen LogP contribution in [0.15, 0.2) is 36.5 Å². The summed E-state index contributed by atoms with van der Waals surface area (Å²) < 4.78 is 5.36. The highest BCUT2D eigenvalue weighted by molar-refractivity contribution is 6.36. The highest BCUT2D eigenvalue weighted by Gasteiger charge is 2.17. The van der Waals surface area contributed by atoms with Crippen molar-refractivity contribution in [3.63, 3.8) is 0 Å². The van der Waals surface area contributed by atoms with Gasteiger partial charge in [0.05, 0.1) is 35.0 Å². The highest BCUT2D eigenvalue weighted by Crippen LogP contribution is 2.34. The standard InChI is InChI=1S/C25H29Cl2N9O4/c26-16-3-4-17(18(27)14-16)23-19(32-22(37)2-1-9-35-10-12-40-13-11-35)15-31-25(34-23)30-8-7-29-21-6-5-20(36(38)39)24(28)33-21/h3-6,14-15H,1-2,7-13H2,(H,32,37)(H3,28,29,33)(H,30,31,34). The number of aromatic nitrogens is 3. The fourth-order valence-corrected chi connectivity index (χ4v) is 4.53. The van der Waals surface area contributed by atoms with Gasteiger partial charge in [-0.1, -0.05) is 23.2 Å². The molecular formula is C25H29Cl2N9O4. The lowest BCUT2D eigenvalue weighted by Crippen LogP contribution is -2.37. The fraction of sp³-hybridized carbons (Fsp3) is 0.360. The molecule has 0 aliphatic carbocycles. The number of nitrogens with zero attached hydrogens (tertiary/aromatic N) is 5. The van der Waals surface area contributed by atoms with Crippen molar-refractivity contribution in [3.05, 3.63) is 56.7 Å². The number of nitrogen functional groups attached to an aromatic ring is 1. The second-order valence-electron chi connectivity index (χ2n) is 8.90. The predicted molar refractivity (Wildman–Crippen MR) is 155 cm³/mol. The lowest BCUT2D eigenvalue weighted by molar-refractivity contribution is -0.384. The Morgan fingerprint density at radius 2 is 1.90 bits per heavy atom. The minimum absolute atomic E-state index is 0.150. The van der Waals surface area contributed by atoms with Gasteiger partial charge >= 0.3 is 5.69 Å². The van der Waals surface area contributed by atoms with E-state index in [4.69, 9.17) is 33.7 Å². The van der Waals surface area contributed by atoms with E-state index in [0.717, 1.165) is 19.6 Å². The summed E-state index contributed by atoms with van der Waals surface area (Å²) in [7, 11) is 0. The van der Waals surface area contributed by atoms with Gasteiger partial charge in [0.1, 0.15) is 11.5 Å². The molecule has 40 heavy (non-hydrogen) atoms. The SMILES string of the molecule is Nc1nc(NCCNc2ncc(NC(=O)CCCN3CCOCC3)c(-c3ccc(Cl)cc3Cl)n2)ccc1[N+](=O)[O-]. The Labute approximate surface area is 240 Å². The smallest absolute Gasteiger partial charge is 0.311 e. The van der Waals surface area contributed by atoms with Gasteiger partial charge in [0.25, 0.3) is 0 Å². The molecule has 1 aliphatic heterocycles. The Morgan fingerprint density at radius 3 is 2.62 bits per heavy atom. The number of carbonyl (C=O) groups excluding carboxylic acids is 1. The molecular weight excluding hydrogens is 561 g/mol. The number of benzene rings is 1. The van der Waals surface area contributed by atoms with E-state index in [0.29, 0.717) is 77.9 Å². The van der Waals surface area contributed by atoms with Crippen molar-refractivity contribution in [2.75, 3.05) is 67.6 Å². The van der Waals surface area contributed by atoms with Gasteiger partial charge in [0, 0.05) is 49.3 Å². The molecule has 0 bridgehead atoms. The van der Waals surface area contributed by atoms with Crippen molar-refractivity contribution in [1.82, 2.24) is 19.9 Å². The summed E-state index contributed by atoms with van der Waals surface area (Å²) in [4.78, 5) is 38.3. The Morgan fingerprint density at radius 1 is 1.12 bits per heavy atom. The molecule has 0 radical (unpaired) electrons. The minimum Gasteiger partial charge on any atom is -0.379 e. The van der Waals surface area contributed by atoms with Gasteiger partial charge in [0.15, 0.2) is 0 Å². The van der Waals surface area contributed by atoms with E-state index < -0.39 is 4.92 Å². The van der Waals surface area contributed by atoms with Crippen LogP contribution >= 0.6 is 23.2 Å². The van der Waals surface area contributed by atoms with E-state index in [9.17, 15) is 14.9 Å². The predicted octanol–water partition coefficient (Wildman–Crippen LogP) is 3.91. The minimum atomic E-state index is -0.590. The maximum absolute atomic E-state index is 12.7. The lowest BCUT2D eigenvalue weighted by atomic mass is 10.1. The normalized spacial score (nSPS) is 13.6. The van der Waals surface area contributed by atoms with E-state index in [1.807, 2.05) is 0 Å². The third-order valence-electron chi connectivity index (χ3n) is 6.04. The largest absolute Gasteiger partial charge is 0.379 e. The van der Waals surface area contributed by atoms with Gasteiger partial charge < -0.3 is 26.4 Å². The Balaban J connectivity index is 1.39. The van der Waals surface area contributed by atoms with Gasteiger partial charge in [-0.3, -0.25) is 19.8 Å². The number of carbonyl (C=O) groups is 1. The summed E-state index contributed by atoms with van der Waals surface area (Å²) in [5.41, 5.74) is 6.84. The molecule has 1 saturated heterocycles. The molecule has 15 heteroatoms. The topological polar surface area (TPSA) is 173 Å². The quantitative estimate of drug-likeness (QED) is 0.137. The van der Waals surface area contributed by atoms with E-state index in [1.54, 1.807) is 18.2 Å². The number of halogens is 2. The molecule has 1 aliphatic rings. The van der Waals surface area contributed by atoms with Crippen molar-refractivity contribution in [1.29, 1.82) is 0 Å². The Kier molecular flexibility index (Phi) is 10.2. The van der Waals surface area contributed by atoms with Crippen LogP contribution in [0.25, 0.3) is 11.3 Å². The van der Waals surface area contributed by atoms with Crippen LogP contribution in [-0.4, -0.2) is 76.6 Å². The average Bonchev–Trinajstić information content (AvgIpc) is 2.92. The van der Waals surface area contributed by atoms with Crippen molar-refractivity contribution in [2.24, 2.45) is 0 Å². The molecule has 1 fully saturated rings. The van der Waals surface area contributed by atoms with Crippen molar-refractivity contribution in [3.8, 4) is 11.3 Å². The number of nitrogens with one attached hydrogen (secondary N) is 3. The number of hydrogen-bond acceptors (Lipinski definition) is 11. The zero-order valence-corrected chi connectivity index (χ0v) is 23.0. The molecule has 3 heterocycles. The van der Waals surface area contributed by atoms with Crippen LogP contribution in [0, 0.1) is 10.1 Å². The summed E-state index contributed by atoms with van der Waals surface area (Å²) in [6.45, 7) is 4.78. The van der Waals surface area contributed by atoms with E-state index in [1.165, 1.54) is 18.3 Å². The van der Waals surface area contributed by atoms with Crippen LogP contribution in [-0.2, 0) is 9.53 Å². The first-order valence-electron chi connectivity index (χ1n) is 12.6. The number of amides is 1. The molecule has 2 aromatic heterocycles. The van der Waals surface area contributed by atoms with Crippen LogP contribution < -0.4 is 21.7 Å². The summed E-state index contributed by atoms with van der Waals surface area (Å²) >= 11 is 12.6. The summed E-state index contributed by atoms with van der Waals surface area (Å²) in [5, 5.41) is 20.8. The molecule has 1 aromatic carbocycles. The molecule has 0 spiro atoms. The number of pyridine rings is 1. The number of nitrogens with two attached hydrogens (primary N) is 1. The van der Waals surface area contributed by atoms with Gasteiger partial charge in [-0.15, -0.1) is 0 Å². The van der Waals surface area contributed by atoms with Crippen LogP contribution in [0.1, 0.15) is 12.8 Å². The van der Waals surface area contributed by atoms with Crippen LogP contribution in [0.2, 0.25) is 10.0 Å². The molecule has 3 aromatic rings. The Hall–Kier alpha value is -3.78. The number of ether oxygens (including phenoxy) is 1. The molecule has 0 atom stereocenters. The molecule has 1 amide bonds. The first-order chi connectivity index (χ1) is 19.3. The summed E-state index contributed by atoms with van der Waals surface area (Å²) in [6, 6.07) is 7.80.